The summed E-state index contributed by atoms with van der Waals surface area (Å²) in [5, 5.41) is 13.0. The number of ketones is 1. The Balaban J connectivity index is 2.04. The number of halogens is 3. The Morgan fingerprint density at radius 2 is 1.48 bits per heavy atom. The zero-order chi connectivity index (χ0) is 23.9. The fourth-order valence-corrected chi connectivity index (χ4v) is 4.17. The molecule has 4 rings (SSSR count). The van der Waals surface area contributed by atoms with E-state index < -0.39 is 34.8 Å². The number of ether oxygens (including phenoxy) is 2. The van der Waals surface area contributed by atoms with Gasteiger partial charge in [0.2, 0.25) is 11.5 Å². The maximum absolute atomic E-state index is 13.9. The first-order chi connectivity index (χ1) is 15.6. The van der Waals surface area contributed by atoms with Gasteiger partial charge < -0.3 is 29.2 Å². The second-order valence-electron chi connectivity index (χ2n) is 8.33. The number of aromatic nitrogens is 2. The summed E-state index contributed by atoms with van der Waals surface area (Å²) in [6.45, 7) is 6.49. The van der Waals surface area contributed by atoms with Crippen LogP contribution in [0.25, 0.3) is 11.0 Å². The van der Waals surface area contributed by atoms with Crippen molar-refractivity contribution in [3.05, 3.63) is 33.6 Å². The number of nitrogens with zero attached hydrogens (tertiary/aromatic N) is 4. The highest BCUT2D eigenvalue weighted by molar-refractivity contribution is 5.97. The number of hydrogen-bond acceptors (Lipinski definition) is 7. The second-order valence-corrected chi connectivity index (χ2v) is 8.33. The highest BCUT2D eigenvalue weighted by atomic mass is 19.4. The van der Waals surface area contributed by atoms with Crippen molar-refractivity contribution in [1.82, 2.24) is 4.73 Å². The second kappa shape index (κ2) is 8.82. The minimum atomic E-state index is -5.19. The van der Waals surface area contributed by atoms with Gasteiger partial charge in [-0.1, -0.05) is 13.8 Å². The number of fused-ring (bicyclic) bond motifs is 1. The number of Topliss-reactive ketones (excluding diaryl/α,β-unsaturated/α-hetero) is 1. The van der Waals surface area contributed by atoms with E-state index in [1.54, 1.807) is 0 Å². The Bertz CT molecular complexity index is 1120. The van der Waals surface area contributed by atoms with Crippen LogP contribution in [0.5, 0.6) is 0 Å². The van der Waals surface area contributed by atoms with E-state index in [0.29, 0.717) is 64.0 Å². The molecule has 0 amide bonds. The van der Waals surface area contributed by atoms with Gasteiger partial charge in [-0.2, -0.15) is 13.2 Å². The van der Waals surface area contributed by atoms with Crippen molar-refractivity contribution in [3.8, 4) is 0 Å². The number of carbonyl (C=O) groups is 1. The van der Waals surface area contributed by atoms with E-state index in [2.05, 4.69) is 0 Å². The predicted molar refractivity (Wildman–Crippen MR) is 114 cm³/mol. The van der Waals surface area contributed by atoms with Gasteiger partial charge >= 0.3 is 11.9 Å². The molecule has 9 nitrogen and oxygen atoms in total. The van der Waals surface area contributed by atoms with E-state index in [4.69, 9.17) is 9.47 Å². The van der Waals surface area contributed by atoms with Gasteiger partial charge in [-0.25, -0.2) is 0 Å². The van der Waals surface area contributed by atoms with Crippen LogP contribution in [-0.4, -0.2) is 63.1 Å². The van der Waals surface area contributed by atoms with Gasteiger partial charge in [0.15, 0.2) is 0 Å². The first-order valence-electron chi connectivity index (χ1n) is 10.7. The lowest BCUT2D eigenvalue weighted by atomic mass is 10.0. The highest BCUT2D eigenvalue weighted by Crippen LogP contribution is 2.38. The Morgan fingerprint density at radius 1 is 1.00 bits per heavy atom. The normalized spacial score (nSPS) is 17.8. The minimum Gasteiger partial charge on any atom is -0.805 e. The topological polar surface area (TPSA) is 93.0 Å². The van der Waals surface area contributed by atoms with Crippen LogP contribution in [0.15, 0.2) is 12.1 Å². The van der Waals surface area contributed by atoms with Crippen molar-refractivity contribution >= 4 is 28.2 Å². The van der Waals surface area contributed by atoms with Crippen LogP contribution in [0.1, 0.15) is 30.0 Å². The molecule has 0 unspecified atom stereocenters. The van der Waals surface area contributed by atoms with E-state index in [1.165, 1.54) is 26.0 Å². The lowest BCUT2D eigenvalue weighted by Crippen LogP contribution is -2.41. The molecule has 12 heteroatoms. The Hall–Kier alpha value is -2.86. The standard InChI is InChI=1S/C21H25F3N4O5/c1-13(2)19(29)18-20(21(22,23)24)28(31)17-12-15(26-5-9-33-10-6-26)14(11-16(17)27(18)30)25-3-7-32-8-4-25/h11-13H,3-10H2,1-2H3. The Kier molecular flexibility index (Phi) is 6.23. The molecule has 2 saturated heterocycles. The van der Waals surface area contributed by atoms with Crippen molar-refractivity contribution in [2.75, 3.05) is 62.4 Å². The van der Waals surface area contributed by atoms with Crippen molar-refractivity contribution in [2.45, 2.75) is 20.0 Å². The van der Waals surface area contributed by atoms with Crippen LogP contribution in [0.4, 0.5) is 24.5 Å². The number of hydrogen-bond donors (Lipinski definition) is 0. The lowest BCUT2D eigenvalue weighted by molar-refractivity contribution is -0.470. The average molecular weight is 470 g/mol. The molecule has 1 aromatic carbocycles. The van der Waals surface area contributed by atoms with Crippen molar-refractivity contribution in [2.24, 2.45) is 5.92 Å². The summed E-state index contributed by atoms with van der Waals surface area (Å²) in [6.07, 6.45) is -5.19. The number of carbonyl (C=O) groups excluding carboxylic acids is 1. The van der Waals surface area contributed by atoms with E-state index in [1.807, 2.05) is 9.80 Å². The molecule has 2 aliphatic heterocycles. The number of rotatable bonds is 4. The third kappa shape index (κ3) is 4.24. The first-order valence-corrected chi connectivity index (χ1v) is 10.7. The molecule has 0 spiro atoms. The SMILES string of the molecule is CC(C)C(=O)c1c(C(F)(F)F)n([O-])c2cc(N3CCOCC3)c(N3CCOCC3)cc2[n+]1=O. The summed E-state index contributed by atoms with van der Waals surface area (Å²) in [7, 11) is 0. The van der Waals surface area contributed by atoms with Crippen LogP contribution < -0.4 is 14.2 Å². The third-order valence-electron chi connectivity index (χ3n) is 5.87. The summed E-state index contributed by atoms with van der Waals surface area (Å²) in [5.74, 6) is -1.95. The van der Waals surface area contributed by atoms with E-state index in [-0.39, 0.29) is 14.7 Å². The molecule has 2 aromatic rings. The molecule has 0 bridgehead atoms. The van der Waals surface area contributed by atoms with E-state index >= 15 is 0 Å². The molecule has 0 radical (unpaired) electrons. The van der Waals surface area contributed by atoms with E-state index in [0.717, 1.165) is 0 Å². The van der Waals surface area contributed by atoms with Crippen LogP contribution >= 0.6 is 0 Å². The molecular weight excluding hydrogens is 445 g/mol. The zero-order valence-corrected chi connectivity index (χ0v) is 18.4. The van der Waals surface area contributed by atoms with Gasteiger partial charge in [0, 0.05) is 43.1 Å². The van der Waals surface area contributed by atoms with Crippen molar-refractivity contribution in [1.29, 1.82) is 0 Å². The molecule has 0 saturated carbocycles. The molecule has 0 aliphatic carbocycles. The van der Waals surface area contributed by atoms with Gasteiger partial charge in [-0.15, -0.1) is 0 Å². The van der Waals surface area contributed by atoms with Crippen LogP contribution in [0.3, 0.4) is 0 Å². The molecule has 2 aliphatic rings. The summed E-state index contributed by atoms with van der Waals surface area (Å²) in [6, 6.07) is 2.72. The number of benzene rings is 1. The van der Waals surface area contributed by atoms with Crippen LogP contribution in [0.2, 0.25) is 0 Å². The molecule has 180 valence electrons. The average Bonchev–Trinajstić information content (AvgIpc) is 2.80. The first kappa shape index (κ1) is 23.3. The smallest absolute Gasteiger partial charge is 0.438 e. The van der Waals surface area contributed by atoms with Gasteiger partial charge in [0.25, 0.3) is 5.52 Å². The third-order valence-corrected chi connectivity index (χ3v) is 5.87. The number of morpholine rings is 2. The maximum atomic E-state index is 13.9. The monoisotopic (exact) mass is 470 g/mol. The number of anilines is 2. The van der Waals surface area contributed by atoms with Gasteiger partial charge in [-0.05, 0) is 6.07 Å². The van der Waals surface area contributed by atoms with Gasteiger partial charge in [0.05, 0.1) is 42.2 Å². The van der Waals surface area contributed by atoms with Crippen LogP contribution in [-0.2, 0) is 15.7 Å². The Morgan fingerprint density at radius 3 is 1.94 bits per heavy atom. The minimum absolute atomic E-state index is 0.0398. The summed E-state index contributed by atoms with van der Waals surface area (Å²) in [4.78, 5) is 29.7. The predicted octanol–water partition coefficient (Wildman–Crippen LogP) is 2.43. The number of alkyl halides is 3. The lowest BCUT2D eigenvalue weighted by Gasteiger charge is -2.36. The Labute approximate surface area is 187 Å². The summed E-state index contributed by atoms with van der Waals surface area (Å²) >= 11 is 0. The zero-order valence-electron chi connectivity index (χ0n) is 18.4. The van der Waals surface area contributed by atoms with Gasteiger partial charge in [0.1, 0.15) is 5.52 Å². The van der Waals surface area contributed by atoms with Crippen molar-refractivity contribution in [3.63, 3.8) is 0 Å². The fourth-order valence-electron chi connectivity index (χ4n) is 4.17. The molecule has 0 N–H and O–H groups in total. The van der Waals surface area contributed by atoms with Gasteiger partial charge in [-0.3, -0.25) is 4.79 Å². The largest absolute Gasteiger partial charge is 0.805 e. The molecule has 0 atom stereocenters. The molecule has 33 heavy (non-hydrogen) atoms. The molecule has 1 aromatic heterocycles. The highest BCUT2D eigenvalue weighted by Gasteiger charge is 2.45. The fraction of sp³-hybridized carbons (Fsp3) is 0.571. The van der Waals surface area contributed by atoms with Crippen LogP contribution in [0, 0.1) is 16.0 Å². The molecule has 3 heterocycles. The molecular formula is C21H25F3N4O5. The summed E-state index contributed by atoms with van der Waals surface area (Å²) in [5.41, 5.74) is -2.59. The summed E-state index contributed by atoms with van der Waals surface area (Å²) < 4.78 is 52.1. The molecule has 2 fully saturated rings. The van der Waals surface area contributed by atoms with E-state index in [9.17, 15) is 28.1 Å². The quantitative estimate of drug-likeness (QED) is 0.501. The van der Waals surface area contributed by atoms with Crippen molar-refractivity contribution < 1.29 is 31.9 Å². The maximum Gasteiger partial charge on any atom is 0.438 e.